The van der Waals surface area contributed by atoms with Gasteiger partial charge < -0.3 is 27.8 Å². The third kappa shape index (κ3) is 4.96. The van der Waals surface area contributed by atoms with Crippen molar-refractivity contribution in [3.05, 3.63) is 62.0 Å². The molecule has 2 heterocycles. The minimum absolute atomic E-state index is 0.00519. The highest BCUT2D eigenvalue weighted by molar-refractivity contribution is 6.37. The number of nitrogens with zero attached hydrogens (tertiary/aromatic N) is 1. The molecule has 4 rings (SSSR count). The second kappa shape index (κ2) is 10.5. The van der Waals surface area contributed by atoms with Crippen molar-refractivity contribution < 1.29 is 42.3 Å². The van der Waals surface area contributed by atoms with Crippen LogP contribution in [0.3, 0.4) is 0 Å². The third-order valence-electron chi connectivity index (χ3n) is 4.69. The number of furan rings is 2. The number of nitro groups is 1. The fourth-order valence-electron chi connectivity index (χ4n) is 3.06. The molecule has 0 saturated carbocycles. The van der Waals surface area contributed by atoms with Crippen LogP contribution in [-0.2, 0) is 9.47 Å². The Morgan fingerprint density at radius 1 is 0.829 bits per heavy atom. The summed E-state index contributed by atoms with van der Waals surface area (Å²) in [6.07, 6.45) is 0. The lowest BCUT2D eigenvalue weighted by Crippen LogP contribution is -1.97. The molecule has 0 atom stereocenters. The lowest BCUT2D eigenvalue weighted by Gasteiger charge is -2.03. The molecule has 0 fully saturated rings. The molecular formula is C22H17Cl2NO10. The fourth-order valence-corrected chi connectivity index (χ4v) is 3.67. The number of methoxy groups -OCH3 is 4. The third-order valence-corrected chi connectivity index (χ3v) is 5.46. The van der Waals surface area contributed by atoms with Gasteiger partial charge in [0.25, 0.3) is 0 Å². The number of hydrogen-bond acceptors (Lipinski definition) is 10. The summed E-state index contributed by atoms with van der Waals surface area (Å²) < 4.78 is 29.5. The monoisotopic (exact) mass is 525 g/mol. The van der Waals surface area contributed by atoms with Crippen LogP contribution in [-0.4, -0.2) is 45.3 Å². The number of rotatable bonds is 5. The maximum atomic E-state index is 11.3. The largest absolute Gasteiger partial charge is 0.495 e. The van der Waals surface area contributed by atoms with E-state index in [0.717, 1.165) is 6.07 Å². The van der Waals surface area contributed by atoms with Gasteiger partial charge in [0.2, 0.25) is 17.3 Å². The molecule has 0 amide bonds. The van der Waals surface area contributed by atoms with Gasteiger partial charge in [0.1, 0.15) is 21.9 Å². The van der Waals surface area contributed by atoms with Gasteiger partial charge in [-0.05, 0) is 12.1 Å². The second-order valence-electron chi connectivity index (χ2n) is 6.61. The number of carbonyl (C=O) groups is 2. The van der Waals surface area contributed by atoms with Gasteiger partial charge in [-0.15, -0.1) is 0 Å². The lowest BCUT2D eigenvalue weighted by molar-refractivity contribution is -0.385. The maximum absolute atomic E-state index is 11.3. The molecule has 11 nitrogen and oxygen atoms in total. The topological polar surface area (TPSA) is 140 Å². The number of nitro benzene ring substituents is 1. The van der Waals surface area contributed by atoms with Crippen molar-refractivity contribution in [1.82, 2.24) is 0 Å². The Morgan fingerprint density at radius 2 is 1.37 bits per heavy atom. The van der Waals surface area contributed by atoms with Crippen molar-refractivity contribution in [2.24, 2.45) is 0 Å². The van der Waals surface area contributed by atoms with Crippen molar-refractivity contribution in [3.63, 3.8) is 0 Å². The first kappa shape index (κ1) is 25.7. The molecule has 0 saturated heterocycles. The zero-order chi connectivity index (χ0) is 25.9. The smallest absolute Gasteiger partial charge is 0.373 e. The van der Waals surface area contributed by atoms with Gasteiger partial charge in [-0.3, -0.25) is 10.1 Å². The Bertz CT molecular complexity index is 1440. The zero-order valence-electron chi connectivity index (χ0n) is 18.7. The first-order valence-electron chi connectivity index (χ1n) is 9.53. The minimum atomic E-state index is -0.700. The standard InChI is InChI=1S/C11H8ClNO6.C11H9ClO4/c1-17-10-6(13(15)16)4-7-5(9(10)12)3-8(19-7)11(14)18-2;1-14-8-4-3-7-6(10(8)12)5-9(16-7)11(13)15-2/h3-4H,1-2H3;3-5H,1-2H3. The molecule has 35 heavy (non-hydrogen) atoms. The molecular weight excluding hydrogens is 509 g/mol. The van der Waals surface area contributed by atoms with Crippen LogP contribution in [0.25, 0.3) is 21.9 Å². The normalized spacial score (nSPS) is 10.5. The van der Waals surface area contributed by atoms with Crippen LogP contribution in [0.2, 0.25) is 10.0 Å². The highest BCUT2D eigenvalue weighted by Gasteiger charge is 2.25. The molecule has 0 aliphatic heterocycles. The molecule has 4 aromatic rings. The van der Waals surface area contributed by atoms with Crippen LogP contribution in [0.1, 0.15) is 21.1 Å². The van der Waals surface area contributed by atoms with Crippen LogP contribution in [0.4, 0.5) is 5.69 Å². The summed E-state index contributed by atoms with van der Waals surface area (Å²) >= 11 is 12.1. The maximum Gasteiger partial charge on any atom is 0.373 e. The quantitative estimate of drug-likeness (QED) is 0.181. The van der Waals surface area contributed by atoms with E-state index in [9.17, 15) is 19.7 Å². The number of esters is 2. The molecule has 2 aromatic carbocycles. The van der Waals surface area contributed by atoms with Gasteiger partial charge in [-0.25, -0.2) is 9.59 Å². The summed E-state index contributed by atoms with van der Waals surface area (Å²) in [6, 6.07) is 7.38. The molecule has 2 aromatic heterocycles. The molecule has 0 bridgehead atoms. The Morgan fingerprint density at radius 3 is 1.86 bits per heavy atom. The number of halogens is 2. The van der Waals surface area contributed by atoms with E-state index < -0.39 is 16.9 Å². The average molecular weight is 526 g/mol. The molecule has 0 aliphatic rings. The predicted octanol–water partition coefficient (Wildman–Crippen LogP) is 5.67. The van der Waals surface area contributed by atoms with Gasteiger partial charge in [0.05, 0.1) is 44.5 Å². The number of hydrogen-bond donors (Lipinski definition) is 0. The molecule has 184 valence electrons. The van der Waals surface area contributed by atoms with Gasteiger partial charge in [0.15, 0.2) is 0 Å². The lowest BCUT2D eigenvalue weighted by atomic mass is 10.2. The zero-order valence-corrected chi connectivity index (χ0v) is 20.2. The van der Waals surface area contributed by atoms with Gasteiger partial charge >= 0.3 is 17.6 Å². The molecule has 0 aliphatic carbocycles. The summed E-state index contributed by atoms with van der Waals surface area (Å²) in [5.41, 5.74) is 0.287. The summed E-state index contributed by atoms with van der Waals surface area (Å²) in [4.78, 5) is 32.9. The first-order chi connectivity index (χ1) is 16.7. The van der Waals surface area contributed by atoms with Crippen LogP contribution in [0.15, 0.2) is 39.2 Å². The van der Waals surface area contributed by atoms with Crippen LogP contribution in [0, 0.1) is 10.1 Å². The van der Waals surface area contributed by atoms with Crippen molar-refractivity contribution in [3.8, 4) is 11.5 Å². The van der Waals surface area contributed by atoms with E-state index in [2.05, 4.69) is 9.47 Å². The number of fused-ring (bicyclic) bond motifs is 2. The van der Waals surface area contributed by atoms with Crippen molar-refractivity contribution in [2.75, 3.05) is 28.4 Å². The highest BCUT2D eigenvalue weighted by atomic mass is 35.5. The summed E-state index contributed by atoms with van der Waals surface area (Å²) in [7, 11) is 5.27. The SMILES string of the molecule is COC(=O)c1cc2c(Cl)c(OC)c([N+](=O)[O-])cc2o1.COC(=O)c1cc2c(Cl)c(OC)ccc2o1. The average Bonchev–Trinajstić information content (AvgIpc) is 3.49. The van der Waals surface area contributed by atoms with Crippen LogP contribution < -0.4 is 9.47 Å². The van der Waals surface area contributed by atoms with E-state index >= 15 is 0 Å². The van der Waals surface area contributed by atoms with Gasteiger partial charge in [0, 0.05) is 22.9 Å². The first-order valence-corrected chi connectivity index (χ1v) is 10.3. The Hall–Kier alpha value is -3.96. The predicted molar refractivity (Wildman–Crippen MR) is 125 cm³/mol. The van der Waals surface area contributed by atoms with Crippen molar-refractivity contribution >= 4 is 62.8 Å². The molecule has 0 spiro atoms. The Kier molecular flexibility index (Phi) is 7.72. The summed E-state index contributed by atoms with van der Waals surface area (Å²) in [5, 5.41) is 12.3. The van der Waals surface area contributed by atoms with Crippen molar-refractivity contribution in [2.45, 2.75) is 0 Å². The van der Waals surface area contributed by atoms with Gasteiger partial charge in [-0.2, -0.15) is 0 Å². The van der Waals surface area contributed by atoms with Crippen LogP contribution >= 0.6 is 23.2 Å². The van der Waals surface area contributed by atoms with Crippen LogP contribution in [0.5, 0.6) is 11.5 Å². The van der Waals surface area contributed by atoms with E-state index in [1.807, 2.05) is 0 Å². The van der Waals surface area contributed by atoms with E-state index in [0.29, 0.717) is 27.1 Å². The van der Waals surface area contributed by atoms with E-state index in [-0.39, 0.29) is 33.6 Å². The number of benzene rings is 2. The summed E-state index contributed by atoms with van der Waals surface area (Å²) in [5.74, 6) is -0.766. The van der Waals surface area contributed by atoms with E-state index in [1.165, 1.54) is 40.6 Å². The molecule has 0 unspecified atom stereocenters. The highest BCUT2D eigenvalue weighted by Crippen LogP contribution is 2.42. The van der Waals surface area contributed by atoms with Gasteiger partial charge in [-0.1, -0.05) is 23.2 Å². The van der Waals surface area contributed by atoms with E-state index in [4.69, 9.17) is 41.5 Å². The summed E-state index contributed by atoms with van der Waals surface area (Å²) in [6.45, 7) is 0. The second-order valence-corrected chi connectivity index (χ2v) is 7.37. The number of carbonyl (C=O) groups excluding carboxylic acids is 2. The van der Waals surface area contributed by atoms with E-state index in [1.54, 1.807) is 12.1 Å². The fraction of sp³-hybridized carbons (Fsp3) is 0.182. The molecule has 0 radical (unpaired) electrons. The Balaban J connectivity index is 0.000000198. The van der Waals surface area contributed by atoms with Crippen molar-refractivity contribution in [1.29, 1.82) is 0 Å². The molecule has 0 N–H and O–H groups in total. The number of ether oxygens (including phenoxy) is 4. The minimum Gasteiger partial charge on any atom is -0.495 e. The molecule has 13 heteroatoms. The Labute approximate surface area is 207 Å².